The van der Waals surface area contributed by atoms with Gasteiger partial charge in [0.25, 0.3) is 0 Å². The van der Waals surface area contributed by atoms with Crippen molar-refractivity contribution in [2.24, 2.45) is 7.05 Å². The zero-order valence-electron chi connectivity index (χ0n) is 9.47. The minimum absolute atomic E-state index is 0.492. The summed E-state index contributed by atoms with van der Waals surface area (Å²) < 4.78 is 1.87. The van der Waals surface area contributed by atoms with Crippen molar-refractivity contribution < 1.29 is 4.79 Å². The Morgan fingerprint density at radius 1 is 1.31 bits per heavy atom. The van der Waals surface area contributed by atoms with Gasteiger partial charge in [0.05, 0.1) is 12.0 Å². The summed E-state index contributed by atoms with van der Waals surface area (Å²) in [7, 11) is 1.89. The van der Waals surface area contributed by atoms with E-state index < -0.39 is 0 Å². The van der Waals surface area contributed by atoms with Crippen molar-refractivity contribution in [2.45, 2.75) is 13.3 Å². The van der Waals surface area contributed by atoms with E-state index in [0.717, 1.165) is 24.0 Å². The number of aromatic nitrogens is 2. The van der Waals surface area contributed by atoms with Crippen molar-refractivity contribution in [2.75, 3.05) is 0 Å². The topological polar surface area (TPSA) is 34.9 Å². The Morgan fingerprint density at radius 3 is 2.56 bits per heavy atom. The Bertz CT molecular complexity index is 497. The van der Waals surface area contributed by atoms with Crippen LogP contribution in [0.4, 0.5) is 0 Å². The van der Waals surface area contributed by atoms with Crippen LogP contribution in [0.1, 0.15) is 23.0 Å². The molecule has 0 fully saturated rings. The van der Waals surface area contributed by atoms with E-state index in [1.54, 1.807) is 6.33 Å². The lowest BCUT2D eigenvalue weighted by molar-refractivity contribution is 0.112. The second-order valence-electron chi connectivity index (χ2n) is 3.76. The predicted octanol–water partition coefficient (Wildman–Crippen LogP) is 2.46. The van der Waals surface area contributed by atoms with Gasteiger partial charge in [-0.15, -0.1) is 0 Å². The number of aryl methyl sites for hydroxylation is 2. The number of rotatable bonds is 3. The predicted molar refractivity (Wildman–Crippen MR) is 63.4 cm³/mol. The van der Waals surface area contributed by atoms with Crippen molar-refractivity contribution in [3.63, 3.8) is 0 Å². The number of hydrogen-bond donors (Lipinski definition) is 0. The maximum atomic E-state index is 10.9. The van der Waals surface area contributed by atoms with Crippen LogP contribution in [0.5, 0.6) is 0 Å². The van der Waals surface area contributed by atoms with Crippen molar-refractivity contribution in [1.29, 1.82) is 0 Å². The van der Waals surface area contributed by atoms with Crippen LogP contribution >= 0.6 is 0 Å². The molecule has 0 atom stereocenters. The molecule has 0 radical (unpaired) electrons. The number of aldehydes is 1. The molecule has 0 aliphatic heterocycles. The molecule has 3 nitrogen and oxygen atoms in total. The fraction of sp³-hybridized carbons (Fsp3) is 0.231. The minimum Gasteiger partial charge on any atom is -0.333 e. The van der Waals surface area contributed by atoms with Crippen LogP contribution in [0.3, 0.4) is 0 Å². The first-order valence-corrected chi connectivity index (χ1v) is 5.32. The van der Waals surface area contributed by atoms with E-state index in [9.17, 15) is 4.79 Å². The van der Waals surface area contributed by atoms with Crippen molar-refractivity contribution in [1.82, 2.24) is 9.55 Å². The fourth-order valence-electron chi connectivity index (χ4n) is 1.78. The summed E-state index contributed by atoms with van der Waals surface area (Å²) >= 11 is 0. The van der Waals surface area contributed by atoms with Crippen molar-refractivity contribution >= 4 is 6.29 Å². The SMILES string of the molecule is CCc1ccc(-c2c(C=O)ncn2C)cc1. The molecule has 0 amide bonds. The third-order valence-corrected chi connectivity index (χ3v) is 2.71. The smallest absolute Gasteiger partial charge is 0.170 e. The summed E-state index contributed by atoms with van der Waals surface area (Å²) in [5.74, 6) is 0. The molecule has 16 heavy (non-hydrogen) atoms. The second-order valence-corrected chi connectivity index (χ2v) is 3.76. The Kier molecular flexibility index (Phi) is 2.86. The van der Waals surface area contributed by atoms with Crippen LogP contribution in [0, 0.1) is 0 Å². The molecule has 0 aliphatic rings. The highest BCUT2D eigenvalue weighted by molar-refractivity contribution is 5.83. The molecule has 1 heterocycles. The molecule has 0 bridgehead atoms. The normalized spacial score (nSPS) is 10.4. The van der Waals surface area contributed by atoms with Crippen molar-refractivity contribution in [3.8, 4) is 11.3 Å². The number of imidazole rings is 1. The summed E-state index contributed by atoms with van der Waals surface area (Å²) in [6, 6.07) is 8.22. The Morgan fingerprint density at radius 2 is 2.00 bits per heavy atom. The van der Waals surface area contributed by atoms with Gasteiger partial charge in [0.1, 0.15) is 5.69 Å². The molecule has 2 aromatic rings. The Hall–Kier alpha value is -1.90. The number of hydrogen-bond acceptors (Lipinski definition) is 2. The molecule has 0 saturated carbocycles. The number of carbonyl (C=O) groups is 1. The first-order chi connectivity index (χ1) is 7.76. The van der Waals surface area contributed by atoms with E-state index >= 15 is 0 Å². The lowest BCUT2D eigenvalue weighted by atomic mass is 10.1. The molecule has 2 rings (SSSR count). The van der Waals surface area contributed by atoms with Gasteiger partial charge in [-0.2, -0.15) is 0 Å². The zero-order valence-corrected chi connectivity index (χ0v) is 9.47. The monoisotopic (exact) mass is 214 g/mol. The number of benzene rings is 1. The molecular weight excluding hydrogens is 200 g/mol. The molecule has 3 heteroatoms. The first-order valence-electron chi connectivity index (χ1n) is 5.32. The fourth-order valence-corrected chi connectivity index (χ4v) is 1.78. The van der Waals surface area contributed by atoms with Crippen LogP contribution in [0.25, 0.3) is 11.3 Å². The van der Waals surface area contributed by atoms with E-state index in [0.29, 0.717) is 5.69 Å². The summed E-state index contributed by atoms with van der Waals surface area (Å²) in [5, 5.41) is 0. The van der Waals surface area contributed by atoms with Gasteiger partial charge in [-0.05, 0) is 12.0 Å². The molecular formula is C13H14N2O. The molecule has 0 spiro atoms. The molecule has 0 N–H and O–H groups in total. The van der Waals surface area contributed by atoms with Gasteiger partial charge in [-0.25, -0.2) is 4.98 Å². The first kappa shape index (κ1) is 10.6. The van der Waals surface area contributed by atoms with Gasteiger partial charge in [-0.3, -0.25) is 4.79 Å². The standard InChI is InChI=1S/C13H14N2O/c1-3-10-4-6-11(7-5-10)13-12(8-16)14-9-15(13)2/h4-9H,3H2,1-2H3. The summed E-state index contributed by atoms with van der Waals surface area (Å²) in [4.78, 5) is 14.9. The quantitative estimate of drug-likeness (QED) is 0.736. The third-order valence-electron chi connectivity index (χ3n) is 2.71. The van der Waals surface area contributed by atoms with Crippen LogP contribution in [0.15, 0.2) is 30.6 Å². The van der Waals surface area contributed by atoms with E-state index in [-0.39, 0.29) is 0 Å². The number of carbonyl (C=O) groups excluding carboxylic acids is 1. The average Bonchev–Trinajstić information content (AvgIpc) is 2.70. The lowest BCUT2D eigenvalue weighted by Gasteiger charge is -2.04. The highest BCUT2D eigenvalue weighted by Gasteiger charge is 2.09. The zero-order chi connectivity index (χ0) is 11.5. The van der Waals surface area contributed by atoms with Gasteiger partial charge in [0.15, 0.2) is 6.29 Å². The van der Waals surface area contributed by atoms with Gasteiger partial charge in [0, 0.05) is 12.6 Å². The van der Waals surface area contributed by atoms with Crippen LogP contribution in [-0.4, -0.2) is 15.8 Å². The molecule has 82 valence electrons. The van der Waals surface area contributed by atoms with Crippen LogP contribution in [-0.2, 0) is 13.5 Å². The molecule has 1 aromatic carbocycles. The molecule has 0 aliphatic carbocycles. The number of nitrogens with zero attached hydrogens (tertiary/aromatic N) is 2. The molecule has 0 unspecified atom stereocenters. The molecule has 0 saturated heterocycles. The van der Waals surface area contributed by atoms with Crippen molar-refractivity contribution in [3.05, 3.63) is 41.9 Å². The maximum Gasteiger partial charge on any atom is 0.170 e. The largest absolute Gasteiger partial charge is 0.333 e. The van der Waals surface area contributed by atoms with Crippen LogP contribution < -0.4 is 0 Å². The third kappa shape index (κ3) is 1.76. The Labute approximate surface area is 94.7 Å². The average molecular weight is 214 g/mol. The molecule has 1 aromatic heterocycles. The Balaban J connectivity index is 2.49. The van der Waals surface area contributed by atoms with Gasteiger partial charge in [0.2, 0.25) is 0 Å². The minimum atomic E-state index is 0.492. The summed E-state index contributed by atoms with van der Waals surface area (Å²) in [6.07, 6.45) is 3.47. The maximum absolute atomic E-state index is 10.9. The van der Waals surface area contributed by atoms with Gasteiger partial charge in [-0.1, -0.05) is 31.2 Å². The highest BCUT2D eigenvalue weighted by Crippen LogP contribution is 2.22. The second kappa shape index (κ2) is 4.31. The lowest BCUT2D eigenvalue weighted by Crippen LogP contribution is -1.93. The van der Waals surface area contributed by atoms with E-state index in [1.165, 1.54) is 5.56 Å². The van der Waals surface area contributed by atoms with Gasteiger partial charge >= 0.3 is 0 Å². The highest BCUT2D eigenvalue weighted by atomic mass is 16.1. The van der Waals surface area contributed by atoms with E-state index in [4.69, 9.17) is 0 Å². The van der Waals surface area contributed by atoms with E-state index in [1.807, 2.05) is 23.7 Å². The van der Waals surface area contributed by atoms with Crippen LogP contribution in [0.2, 0.25) is 0 Å². The van der Waals surface area contributed by atoms with E-state index in [2.05, 4.69) is 24.0 Å². The summed E-state index contributed by atoms with van der Waals surface area (Å²) in [5.41, 5.74) is 3.68. The van der Waals surface area contributed by atoms with Gasteiger partial charge < -0.3 is 4.57 Å². The summed E-state index contributed by atoms with van der Waals surface area (Å²) in [6.45, 7) is 2.12.